The third-order valence-electron chi connectivity index (χ3n) is 3.41. The van der Waals surface area contributed by atoms with Gasteiger partial charge in [-0.3, -0.25) is 0 Å². The number of ether oxygens (including phenoxy) is 1. The maximum atomic E-state index is 12.5. The summed E-state index contributed by atoms with van der Waals surface area (Å²) in [5, 5.41) is 9.24. The molecule has 0 saturated heterocycles. The smallest absolute Gasteiger partial charge is 0.418 e. The van der Waals surface area contributed by atoms with E-state index in [0.717, 1.165) is 5.56 Å². The highest BCUT2D eigenvalue weighted by molar-refractivity contribution is 5.30. The number of aliphatic hydroxyl groups is 1. The van der Waals surface area contributed by atoms with Crippen LogP contribution in [-0.2, 0) is 0 Å². The van der Waals surface area contributed by atoms with Gasteiger partial charge in [-0.05, 0) is 30.7 Å². The number of hydrogen-bond donors (Lipinski definition) is 1. The molecular weight excluding hydrogens is 283 g/mol. The highest BCUT2D eigenvalue weighted by Crippen LogP contribution is 2.33. The van der Waals surface area contributed by atoms with E-state index in [0.29, 0.717) is 5.75 Å². The Bertz CT molecular complexity index is 590. The minimum absolute atomic E-state index is 0.148. The summed E-state index contributed by atoms with van der Waals surface area (Å²) < 4.78 is 44.1. The summed E-state index contributed by atoms with van der Waals surface area (Å²) in [4.78, 5) is 0. The van der Waals surface area contributed by atoms with E-state index in [1.807, 2.05) is 19.1 Å². The van der Waals surface area contributed by atoms with E-state index in [4.69, 9.17) is 4.74 Å². The van der Waals surface area contributed by atoms with Crippen LogP contribution in [0.15, 0.2) is 42.7 Å². The number of aliphatic hydroxyl groups excluding tert-OH is 1. The molecule has 0 saturated carbocycles. The van der Waals surface area contributed by atoms with Crippen molar-refractivity contribution in [1.82, 2.24) is 4.57 Å². The molecule has 21 heavy (non-hydrogen) atoms. The van der Waals surface area contributed by atoms with Gasteiger partial charge in [0.2, 0.25) is 0 Å². The lowest BCUT2D eigenvalue weighted by Crippen LogP contribution is -2.19. The largest absolute Gasteiger partial charge is 0.497 e. The van der Waals surface area contributed by atoms with Crippen LogP contribution in [0.4, 0.5) is 13.2 Å². The van der Waals surface area contributed by atoms with E-state index >= 15 is 0 Å². The van der Waals surface area contributed by atoms with Crippen molar-refractivity contribution in [2.24, 2.45) is 0 Å². The van der Waals surface area contributed by atoms with Crippen molar-refractivity contribution in [1.29, 1.82) is 0 Å². The highest BCUT2D eigenvalue weighted by Gasteiger charge is 2.39. The molecule has 0 aliphatic heterocycles. The Morgan fingerprint density at radius 2 is 1.71 bits per heavy atom. The molecule has 114 valence electrons. The number of alkyl halides is 3. The lowest BCUT2D eigenvalue weighted by Gasteiger charge is -2.16. The van der Waals surface area contributed by atoms with Gasteiger partial charge in [0, 0.05) is 18.0 Å². The Labute approximate surface area is 120 Å². The zero-order valence-corrected chi connectivity index (χ0v) is 11.6. The molecule has 6 heteroatoms. The maximum absolute atomic E-state index is 12.5. The first kappa shape index (κ1) is 15.4. The van der Waals surface area contributed by atoms with Gasteiger partial charge >= 0.3 is 6.18 Å². The first-order valence-corrected chi connectivity index (χ1v) is 6.39. The molecule has 1 heterocycles. The summed E-state index contributed by atoms with van der Waals surface area (Å²) >= 11 is 0. The zero-order valence-electron chi connectivity index (χ0n) is 11.6. The third kappa shape index (κ3) is 3.39. The number of nitrogens with zero attached hydrogens (tertiary/aromatic N) is 1. The van der Waals surface area contributed by atoms with Gasteiger partial charge in [-0.25, -0.2) is 0 Å². The Balaban J connectivity index is 2.20. The molecule has 1 N–H and O–H groups in total. The van der Waals surface area contributed by atoms with Crippen molar-refractivity contribution < 1.29 is 23.0 Å². The first-order valence-electron chi connectivity index (χ1n) is 6.39. The van der Waals surface area contributed by atoms with E-state index in [-0.39, 0.29) is 11.6 Å². The molecular formula is C15H16F3NO2. The minimum atomic E-state index is -4.66. The summed E-state index contributed by atoms with van der Waals surface area (Å²) in [6.45, 7) is 1.87. The summed E-state index contributed by atoms with van der Waals surface area (Å²) in [6.07, 6.45) is -4.27. The van der Waals surface area contributed by atoms with Crippen molar-refractivity contribution in [2.75, 3.05) is 7.11 Å². The quantitative estimate of drug-likeness (QED) is 0.934. The third-order valence-corrected chi connectivity index (χ3v) is 3.41. The van der Waals surface area contributed by atoms with Crippen LogP contribution in [0.5, 0.6) is 5.75 Å². The van der Waals surface area contributed by atoms with Crippen molar-refractivity contribution in [2.45, 2.75) is 25.2 Å². The van der Waals surface area contributed by atoms with Gasteiger partial charge in [-0.2, -0.15) is 13.2 Å². The molecule has 0 amide bonds. The van der Waals surface area contributed by atoms with Gasteiger partial charge in [0.05, 0.1) is 13.2 Å². The van der Waals surface area contributed by atoms with Crippen LogP contribution < -0.4 is 4.74 Å². The van der Waals surface area contributed by atoms with Gasteiger partial charge in [0.25, 0.3) is 0 Å². The van der Waals surface area contributed by atoms with Crippen LogP contribution in [0.1, 0.15) is 30.2 Å². The molecule has 0 aliphatic rings. The average molecular weight is 299 g/mol. The fourth-order valence-corrected chi connectivity index (χ4v) is 2.08. The summed E-state index contributed by atoms with van der Waals surface area (Å²) in [5.74, 6) is 0.714. The number of rotatable bonds is 4. The second-order valence-electron chi connectivity index (χ2n) is 4.79. The molecule has 2 rings (SSSR count). The molecule has 2 aromatic rings. The fourth-order valence-electron chi connectivity index (χ4n) is 2.08. The fraction of sp³-hybridized carbons (Fsp3) is 0.333. The van der Waals surface area contributed by atoms with Crippen molar-refractivity contribution in [3.8, 4) is 5.75 Å². The van der Waals surface area contributed by atoms with Gasteiger partial charge in [-0.1, -0.05) is 12.1 Å². The number of benzene rings is 1. The van der Waals surface area contributed by atoms with Crippen LogP contribution >= 0.6 is 0 Å². The zero-order chi connectivity index (χ0) is 15.6. The Morgan fingerprint density at radius 3 is 2.24 bits per heavy atom. The number of hydrogen-bond acceptors (Lipinski definition) is 2. The predicted octanol–water partition coefficient (Wildman–Crippen LogP) is 3.70. The molecule has 0 bridgehead atoms. The molecule has 2 atom stereocenters. The molecule has 1 unspecified atom stereocenters. The molecule has 1 aromatic carbocycles. The second kappa shape index (κ2) is 5.81. The van der Waals surface area contributed by atoms with Gasteiger partial charge in [0.15, 0.2) is 6.10 Å². The van der Waals surface area contributed by atoms with Crippen LogP contribution in [0, 0.1) is 0 Å². The van der Waals surface area contributed by atoms with Crippen molar-refractivity contribution in [3.63, 3.8) is 0 Å². The Hall–Kier alpha value is -1.95. The summed E-state index contributed by atoms with van der Waals surface area (Å²) in [6, 6.07) is 8.41. The highest BCUT2D eigenvalue weighted by atomic mass is 19.4. The average Bonchev–Trinajstić information content (AvgIpc) is 2.94. The molecule has 1 aromatic heterocycles. The first-order chi connectivity index (χ1) is 9.82. The Morgan fingerprint density at radius 1 is 1.10 bits per heavy atom. The van der Waals surface area contributed by atoms with Gasteiger partial charge in [-0.15, -0.1) is 0 Å². The molecule has 0 spiro atoms. The minimum Gasteiger partial charge on any atom is -0.497 e. The summed E-state index contributed by atoms with van der Waals surface area (Å²) in [7, 11) is 1.56. The van der Waals surface area contributed by atoms with Gasteiger partial charge < -0.3 is 14.4 Å². The second-order valence-corrected chi connectivity index (χ2v) is 4.79. The maximum Gasteiger partial charge on any atom is 0.418 e. The topological polar surface area (TPSA) is 34.4 Å². The van der Waals surface area contributed by atoms with Crippen LogP contribution in [0.25, 0.3) is 0 Å². The standard InChI is InChI=1S/C15H16F3NO2/c1-10(11-3-5-13(21-2)6-4-11)19-8-7-12(9-19)14(20)15(16,17)18/h3-10,14,20H,1-2H3/t10-,14?/m1/s1. The Kier molecular flexibility index (Phi) is 4.27. The van der Waals surface area contributed by atoms with Crippen LogP contribution in [0.3, 0.4) is 0 Å². The number of aromatic nitrogens is 1. The SMILES string of the molecule is COc1ccc([C@@H](C)n2ccc(C(O)C(F)(F)F)c2)cc1. The van der Waals surface area contributed by atoms with E-state index in [9.17, 15) is 18.3 Å². The van der Waals surface area contributed by atoms with E-state index in [2.05, 4.69) is 0 Å². The molecule has 0 radical (unpaired) electrons. The van der Waals surface area contributed by atoms with Crippen molar-refractivity contribution >= 4 is 0 Å². The van der Waals surface area contributed by atoms with Crippen molar-refractivity contribution in [3.05, 3.63) is 53.9 Å². The molecule has 0 fully saturated rings. The summed E-state index contributed by atoms with van der Waals surface area (Å²) in [5.41, 5.74) is 0.766. The normalized spacial score (nSPS) is 14.8. The molecule has 3 nitrogen and oxygen atoms in total. The van der Waals surface area contributed by atoms with Crippen LogP contribution in [0.2, 0.25) is 0 Å². The predicted molar refractivity (Wildman–Crippen MR) is 72.3 cm³/mol. The lowest BCUT2D eigenvalue weighted by atomic mass is 10.1. The van der Waals surface area contributed by atoms with E-state index in [1.165, 1.54) is 18.5 Å². The monoisotopic (exact) mass is 299 g/mol. The lowest BCUT2D eigenvalue weighted by molar-refractivity contribution is -0.206. The van der Waals surface area contributed by atoms with E-state index in [1.54, 1.807) is 23.8 Å². The molecule has 0 aliphatic carbocycles. The van der Waals surface area contributed by atoms with Gasteiger partial charge in [0.1, 0.15) is 5.75 Å². The van der Waals surface area contributed by atoms with Crippen LogP contribution in [-0.4, -0.2) is 23.0 Å². The number of methoxy groups -OCH3 is 1. The number of halogens is 3. The van der Waals surface area contributed by atoms with E-state index < -0.39 is 12.3 Å².